The topological polar surface area (TPSA) is 103 Å². The molecular formula is C19H23N7O2. The van der Waals surface area contributed by atoms with Crippen molar-refractivity contribution in [3.05, 3.63) is 23.1 Å². The molecule has 3 aliphatic rings. The molecule has 0 radical (unpaired) electrons. The molecule has 2 atom stereocenters. The summed E-state index contributed by atoms with van der Waals surface area (Å²) in [6.45, 7) is 9.00. The number of rotatable bonds is 2. The van der Waals surface area contributed by atoms with Gasteiger partial charge in [0, 0.05) is 12.1 Å². The van der Waals surface area contributed by atoms with Crippen LogP contribution >= 0.6 is 0 Å². The Bertz CT molecular complexity index is 943. The first kappa shape index (κ1) is 17.3. The fourth-order valence-electron chi connectivity index (χ4n) is 4.14. The summed E-state index contributed by atoms with van der Waals surface area (Å²) in [5, 5.41) is 16.9. The van der Waals surface area contributed by atoms with Crippen molar-refractivity contribution in [2.45, 2.75) is 51.4 Å². The van der Waals surface area contributed by atoms with E-state index in [1.54, 1.807) is 0 Å². The summed E-state index contributed by atoms with van der Waals surface area (Å²) in [6, 6.07) is 2.67. The van der Waals surface area contributed by atoms with Gasteiger partial charge in [-0.1, -0.05) is 0 Å². The van der Waals surface area contributed by atoms with Gasteiger partial charge < -0.3 is 19.3 Å². The second-order valence-electron chi connectivity index (χ2n) is 8.25. The van der Waals surface area contributed by atoms with E-state index in [0.717, 1.165) is 17.1 Å². The minimum atomic E-state index is -0.792. The van der Waals surface area contributed by atoms with E-state index in [1.165, 1.54) is 0 Å². The molecule has 1 saturated heterocycles. The Labute approximate surface area is 163 Å². The average Bonchev–Trinajstić information content (AvgIpc) is 3.29. The van der Waals surface area contributed by atoms with Crippen LogP contribution in [0, 0.1) is 11.3 Å². The van der Waals surface area contributed by atoms with Crippen molar-refractivity contribution in [3.8, 4) is 11.8 Å². The van der Waals surface area contributed by atoms with Crippen molar-refractivity contribution in [3.63, 3.8) is 0 Å². The minimum absolute atomic E-state index is 0.118. The highest BCUT2D eigenvalue weighted by Gasteiger charge is 2.41. The van der Waals surface area contributed by atoms with Crippen LogP contribution in [-0.2, 0) is 23.2 Å². The fourth-order valence-corrected chi connectivity index (χ4v) is 4.14. The number of aromatic nitrogens is 4. The van der Waals surface area contributed by atoms with E-state index in [1.807, 2.05) is 20.0 Å². The zero-order valence-electron chi connectivity index (χ0n) is 16.3. The largest absolute Gasteiger partial charge is 0.486 e. The van der Waals surface area contributed by atoms with Gasteiger partial charge in [-0.05, 0) is 20.8 Å². The number of hydrogen-bond acceptors (Lipinski definition) is 8. The summed E-state index contributed by atoms with van der Waals surface area (Å²) in [7, 11) is 0. The standard InChI is InChI=1S/C19H23N7O2/c1-11-7-27-8-13-9-28-15-16(19(2,3)10-20)22-18(23-17(15)26(11)13)25-5-12-4-21-24-14(12)6-25/h4,11,13H,5-9H2,1-3H3,(H,21,24)/t11-,13+/m1/s1. The van der Waals surface area contributed by atoms with E-state index in [9.17, 15) is 5.26 Å². The Balaban J connectivity index is 1.63. The van der Waals surface area contributed by atoms with E-state index < -0.39 is 5.41 Å². The zero-order valence-corrected chi connectivity index (χ0v) is 16.3. The number of nitrogens with one attached hydrogen (secondary N) is 1. The molecule has 1 N–H and O–H groups in total. The number of fused-ring (bicyclic) bond motifs is 4. The first-order valence-electron chi connectivity index (χ1n) is 9.56. The van der Waals surface area contributed by atoms with Crippen molar-refractivity contribution < 1.29 is 9.47 Å². The third kappa shape index (κ3) is 2.52. The molecule has 9 nitrogen and oxygen atoms in total. The van der Waals surface area contributed by atoms with Crippen LogP contribution in [0.3, 0.4) is 0 Å². The number of nitrogens with zero attached hydrogens (tertiary/aromatic N) is 6. The molecule has 28 heavy (non-hydrogen) atoms. The highest BCUT2D eigenvalue weighted by molar-refractivity contribution is 5.63. The van der Waals surface area contributed by atoms with Gasteiger partial charge in [0.05, 0.1) is 55.2 Å². The van der Waals surface area contributed by atoms with E-state index in [4.69, 9.17) is 19.4 Å². The number of hydrogen-bond donors (Lipinski definition) is 1. The lowest BCUT2D eigenvalue weighted by atomic mass is 9.89. The number of morpholine rings is 1. The first-order valence-corrected chi connectivity index (χ1v) is 9.56. The van der Waals surface area contributed by atoms with Gasteiger partial charge in [0.15, 0.2) is 11.6 Å². The number of aromatic amines is 1. The predicted octanol–water partition coefficient (Wildman–Crippen LogP) is 1.51. The third-order valence-corrected chi connectivity index (χ3v) is 5.71. The van der Waals surface area contributed by atoms with Gasteiger partial charge in [0.25, 0.3) is 0 Å². The summed E-state index contributed by atoms with van der Waals surface area (Å²) < 4.78 is 11.8. The van der Waals surface area contributed by atoms with Crippen molar-refractivity contribution in [1.82, 2.24) is 20.2 Å². The zero-order chi connectivity index (χ0) is 19.5. The van der Waals surface area contributed by atoms with Crippen LogP contribution in [0.25, 0.3) is 0 Å². The maximum absolute atomic E-state index is 9.77. The SMILES string of the molecule is C[C@@H]1COC[C@H]2COc3c(nc(N4Cc5cn[nH]c5C4)nc3C(C)(C)C#N)N21. The van der Waals surface area contributed by atoms with Gasteiger partial charge in [0.2, 0.25) is 5.95 Å². The summed E-state index contributed by atoms with van der Waals surface area (Å²) in [5.74, 6) is 2.01. The lowest BCUT2D eigenvalue weighted by Crippen LogP contribution is -2.56. The fraction of sp³-hybridized carbons (Fsp3) is 0.579. The van der Waals surface area contributed by atoms with Crippen LogP contribution in [0.15, 0.2) is 6.20 Å². The molecule has 5 rings (SSSR count). The van der Waals surface area contributed by atoms with Crippen LogP contribution in [0.2, 0.25) is 0 Å². The Morgan fingerprint density at radius 3 is 2.89 bits per heavy atom. The smallest absolute Gasteiger partial charge is 0.228 e. The second-order valence-corrected chi connectivity index (χ2v) is 8.25. The Kier molecular flexibility index (Phi) is 3.74. The molecule has 0 unspecified atom stereocenters. The quantitative estimate of drug-likeness (QED) is 0.835. The maximum Gasteiger partial charge on any atom is 0.228 e. The first-order chi connectivity index (χ1) is 13.5. The summed E-state index contributed by atoms with van der Waals surface area (Å²) >= 11 is 0. The molecule has 0 bridgehead atoms. The monoisotopic (exact) mass is 381 g/mol. The molecule has 0 aliphatic carbocycles. The summed E-state index contributed by atoms with van der Waals surface area (Å²) in [5.41, 5.74) is 2.08. The van der Waals surface area contributed by atoms with Crippen LogP contribution in [0.1, 0.15) is 37.7 Å². The van der Waals surface area contributed by atoms with Gasteiger partial charge in [-0.2, -0.15) is 15.3 Å². The van der Waals surface area contributed by atoms with Gasteiger partial charge in [-0.3, -0.25) is 5.10 Å². The van der Waals surface area contributed by atoms with E-state index in [0.29, 0.717) is 50.3 Å². The van der Waals surface area contributed by atoms with E-state index in [-0.39, 0.29) is 12.1 Å². The highest BCUT2D eigenvalue weighted by atomic mass is 16.5. The number of H-pyrrole nitrogens is 1. The third-order valence-electron chi connectivity index (χ3n) is 5.71. The van der Waals surface area contributed by atoms with Gasteiger partial charge in [-0.15, -0.1) is 0 Å². The Morgan fingerprint density at radius 1 is 1.25 bits per heavy atom. The van der Waals surface area contributed by atoms with Crippen molar-refractivity contribution in [2.75, 3.05) is 29.6 Å². The molecule has 0 amide bonds. The molecule has 5 heterocycles. The van der Waals surface area contributed by atoms with Crippen LogP contribution < -0.4 is 14.5 Å². The summed E-state index contributed by atoms with van der Waals surface area (Å²) in [6.07, 6.45) is 1.84. The predicted molar refractivity (Wildman–Crippen MR) is 101 cm³/mol. The lowest BCUT2D eigenvalue weighted by Gasteiger charge is -2.45. The molecule has 0 saturated carbocycles. The number of ether oxygens (including phenoxy) is 2. The molecule has 2 aromatic heterocycles. The normalized spacial score (nSPS) is 23.5. The molecule has 146 valence electrons. The molecule has 3 aliphatic heterocycles. The summed E-state index contributed by atoms with van der Waals surface area (Å²) in [4.78, 5) is 14.1. The van der Waals surface area contributed by atoms with Gasteiger partial charge in [-0.25, -0.2) is 4.98 Å². The van der Waals surface area contributed by atoms with Crippen LogP contribution in [-0.4, -0.2) is 52.1 Å². The molecule has 0 aromatic carbocycles. The van der Waals surface area contributed by atoms with E-state index >= 15 is 0 Å². The highest BCUT2D eigenvalue weighted by Crippen LogP contribution is 2.43. The number of nitriles is 1. The van der Waals surface area contributed by atoms with Gasteiger partial charge in [0.1, 0.15) is 12.3 Å². The molecule has 2 aromatic rings. The van der Waals surface area contributed by atoms with Gasteiger partial charge >= 0.3 is 0 Å². The minimum Gasteiger partial charge on any atom is -0.486 e. The Morgan fingerprint density at radius 2 is 2.11 bits per heavy atom. The van der Waals surface area contributed by atoms with E-state index in [2.05, 4.69) is 33.0 Å². The van der Waals surface area contributed by atoms with Crippen LogP contribution in [0.5, 0.6) is 5.75 Å². The number of anilines is 2. The second kappa shape index (κ2) is 6.07. The van der Waals surface area contributed by atoms with Crippen molar-refractivity contribution >= 4 is 11.8 Å². The molecule has 1 fully saturated rings. The van der Waals surface area contributed by atoms with Crippen LogP contribution in [0.4, 0.5) is 11.8 Å². The molecule has 0 spiro atoms. The molecule has 9 heteroatoms. The van der Waals surface area contributed by atoms with Crippen molar-refractivity contribution in [2.24, 2.45) is 0 Å². The maximum atomic E-state index is 9.77. The average molecular weight is 381 g/mol. The Hall–Kier alpha value is -2.86. The van der Waals surface area contributed by atoms with Crippen molar-refractivity contribution in [1.29, 1.82) is 5.26 Å². The molecular weight excluding hydrogens is 358 g/mol. The lowest BCUT2D eigenvalue weighted by molar-refractivity contribution is 0.0482.